The van der Waals surface area contributed by atoms with E-state index in [0.29, 0.717) is 22.7 Å². The first-order valence-electron chi connectivity index (χ1n) is 23.2. The van der Waals surface area contributed by atoms with Crippen LogP contribution in [0.1, 0.15) is 136 Å². The van der Waals surface area contributed by atoms with Crippen LogP contribution in [-0.2, 0) is 5.41 Å². The molecule has 2 nitrogen and oxygen atoms in total. The van der Waals surface area contributed by atoms with Crippen molar-refractivity contribution in [1.82, 2.24) is 9.13 Å². The van der Waals surface area contributed by atoms with Gasteiger partial charge >= 0.3 is 0 Å². The summed E-state index contributed by atoms with van der Waals surface area (Å²) in [6, 6.07) is 42.1. The van der Waals surface area contributed by atoms with Crippen LogP contribution in [0.2, 0.25) is 0 Å². The number of aromatic nitrogens is 2. The van der Waals surface area contributed by atoms with Crippen LogP contribution in [0.4, 0.5) is 0 Å². The summed E-state index contributed by atoms with van der Waals surface area (Å²) in [5.74, 6) is 1.16. The maximum absolute atomic E-state index is 2.83. The summed E-state index contributed by atoms with van der Waals surface area (Å²) in [5, 5.41) is 4.37. The average Bonchev–Trinajstić information content (AvgIpc) is 3.84. The summed E-state index contributed by atoms with van der Waals surface area (Å²) in [4.78, 5) is 0. The molecule has 6 aliphatic rings. The minimum absolute atomic E-state index is 0.157. The quantitative estimate of drug-likeness (QED) is 0.155. The van der Waals surface area contributed by atoms with Gasteiger partial charge in [0.1, 0.15) is 0 Å². The summed E-state index contributed by atoms with van der Waals surface area (Å²) in [5.41, 5.74) is 26.6. The molecule has 2 fully saturated rings. The Bertz CT molecular complexity index is 3210. The Morgan fingerprint density at radius 3 is 1.75 bits per heavy atom. The first kappa shape index (κ1) is 34.4. The third-order valence-corrected chi connectivity index (χ3v) is 17.6. The lowest BCUT2D eigenvalue weighted by Crippen LogP contribution is -2.60. The lowest BCUT2D eigenvalue weighted by Gasteiger charge is -2.44. The van der Waals surface area contributed by atoms with E-state index in [1.54, 1.807) is 11.1 Å². The second-order valence-corrected chi connectivity index (χ2v) is 21.6. The summed E-state index contributed by atoms with van der Waals surface area (Å²) in [7, 11) is 0. The third kappa shape index (κ3) is 4.00. The van der Waals surface area contributed by atoms with Gasteiger partial charge in [0.2, 0.25) is 0 Å². The number of hydrogen-bond donors (Lipinski definition) is 0. The van der Waals surface area contributed by atoms with Crippen LogP contribution in [0.5, 0.6) is 0 Å². The number of para-hydroxylation sites is 1. The molecule has 0 saturated heterocycles. The molecule has 3 heteroatoms. The standard InChI is InChI=1S/C57H53BN2/c1-32-33(2)59-49-19-18-45-54-50(49)58(47-17-11-14-38(32)52(47)59)48-31-37(35-22-26-56(5,6)27-23-35)29-42-41-28-36(34-20-24-55(3,4)25-21-34)30-46(51(41)60(54)53(42)48)57(45)43-15-9-7-12-39(43)40-13-8-10-16-44(40)57/h7-19,28-31,34-35H,20-27H2,1-6H3. The molecule has 6 aromatic carbocycles. The number of benzene rings is 6. The normalized spacial score (nSPS) is 19.9. The topological polar surface area (TPSA) is 9.86 Å². The molecule has 8 aromatic rings. The van der Waals surface area contributed by atoms with E-state index in [0.717, 1.165) is 0 Å². The van der Waals surface area contributed by atoms with Crippen LogP contribution in [0.25, 0.3) is 55.2 Å². The first-order valence-corrected chi connectivity index (χ1v) is 23.2. The van der Waals surface area contributed by atoms with E-state index in [1.165, 1.54) is 156 Å². The van der Waals surface area contributed by atoms with Crippen LogP contribution in [-0.4, -0.2) is 15.8 Å². The van der Waals surface area contributed by atoms with E-state index in [-0.39, 0.29) is 6.71 Å². The fourth-order valence-electron chi connectivity index (χ4n) is 14.3. The first-order chi connectivity index (χ1) is 29.1. The van der Waals surface area contributed by atoms with E-state index in [1.807, 2.05) is 0 Å². The van der Waals surface area contributed by atoms with Gasteiger partial charge in [-0.3, -0.25) is 0 Å². The lowest BCUT2D eigenvalue weighted by molar-refractivity contribution is 0.224. The molecular formula is C57H53BN2. The molecule has 2 aromatic heterocycles. The van der Waals surface area contributed by atoms with Crippen molar-refractivity contribution in [3.63, 3.8) is 0 Å². The molecule has 3 aliphatic carbocycles. The fraction of sp³-hybridized carbons (Fsp3) is 0.333. The van der Waals surface area contributed by atoms with Gasteiger partial charge in [0.25, 0.3) is 6.71 Å². The highest BCUT2D eigenvalue weighted by Crippen LogP contribution is 2.62. The molecule has 0 amide bonds. The maximum Gasteiger partial charge on any atom is 0.252 e. The number of aryl methyl sites for hydroxylation is 1. The monoisotopic (exact) mass is 776 g/mol. The molecule has 60 heavy (non-hydrogen) atoms. The van der Waals surface area contributed by atoms with Crippen LogP contribution in [0, 0.1) is 24.7 Å². The van der Waals surface area contributed by atoms with Crippen molar-refractivity contribution in [1.29, 1.82) is 0 Å². The van der Waals surface area contributed by atoms with Gasteiger partial charge in [0, 0.05) is 44.3 Å². The van der Waals surface area contributed by atoms with Crippen molar-refractivity contribution in [3.8, 4) is 22.5 Å². The van der Waals surface area contributed by atoms with Gasteiger partial charge in [-0.25, -0.2) is 0 Å². The van der Waals surface area contributed by atoms with Gasteiger partial charge < -0.3 is 9.13 Å². The minimum Gasteiger partial charge on any atom is -0.315 e. The molecule has 2 saturated carbocycles. The molecule has 0 N–H and O–H groups in total. The number of rotatable bonds is 2. The largest absolute Gasteiger partial charge is 0.315 e. The molecule has 0 bridgehead atoms. The van der Waals surface area contributed by atoms with Gasteiger partial charge in [-0.2, -0.15) is 0 Å². The molecule has 0 radical (unpaired) electrons. The summed E-state index contributed by atoms with van der Waals surface area (Å²) in [6.45, 7) is 14.8. The highest BCUT2D eigenvalue weighted by atomic mass is 15.1. The molecule has 1 spiro atoms. The van der Waals surface area contributed by atoms with Crippen molar-refractivity contribution in [2.45, 2.75) is 110 Å². The molecule has 0 atom stereocenters. The molecule has 14 rings (SSSR count). The van der Waals surface area contributed by atoms with E-state index >= 15 is 0 Å². The Morgan fingerprint density at radius 2 is 1.10 bits per heavy atom. The van der Waals surface area contributed by atoms with Crippen LogP contribution < -0.4 is 16.4 Å². The predicted molar refractivity (Wildman–Crippen MR) is 253 cm³/mol. The van der Waals surface area contributed by atoms with Crippen molar-refractivity contribution < 1.29 is 0 Å². The third-order valence-electron chi connectivity index (χ3n) is 17.6. The van der Waals surface area contributed by atoms with Crippen LogP contribution >= 0.6 is 0 Å². The zero-order valence-electron chi connectivity index (χ0n) is 36.1. The lowest BCUT2D eigenvalue weighted by atomic mass is 9.33. The SMILES string of the molecule is Cc1c(C)n2c3c(cccc13)B1c3c-2ccc2c3-n3c4c1cc(C1CCC(C)(C)CC1)cc4c1cc(C4CCC(C)(C)CC4)cc(c13)C21c2ccccc2-c2ccccc21. The van der Waals surface area contributed by atoms with Crippen LogP contribution in [0.3, 0.4) is 0 Å². The van der Waals surface area contributed by atoms with Crippen molar-refractivity contribution >= 4 is 55.8 Å². The second kappa shape index (κ2) is 11.2. The Hall–Kier alpha value is -5.28. The second-order valence-electron chi connectivity index (χ2n) is 21.6. The molecule has 294 valence electrons. The van der Waals surface area contributed by atoms with Gasteiger partial charge in [0.05, 0.1) is 10.9 Å². The summed E-state index contributed by atoms with van der Waals surface area (Å²) >= 11 is 0. The molecular weight excluding hydrogens is 723 g/mol. The zero-order chi connectivity index (χ0) is 40.2. The number of fused-ring (bicyclic) bond motifs is 11. The van der Waals surface area contributed by atoms with Crippen LogP contribution in [0.15, 0.2) is 103 Å². The van der Waals surface area contributed by atoms with Gasteiger partial charge in [0.15, 0.2) is 0 Å². The van der Waals surface area contributed by atoms with Gasteiger partial charge in [-0.15, -0.1) is 0 Å². The Kier molecular flexibility index (Phi) is 6.40. The predicted octanol–water partition coefficient (Wildman–Crippen LogP) is 12.5. The number of hydrogen-bond acceptors (Lipinski definition) is 0. The Morgan fingerprint density at radius 1 is 0.517 bits per heavy atom. The average molecular weight is 777 g/mol. The molecule has 5 heterocycles. The molecule has 0 unspecified atom stereocenters. The summed E-state index contributed by atoms with van der Waals surface area (Å²) in [6.07, 6.45) is 10.2. The summed E-state index contributed by atoms with van der Waals surface area (Å²) < 4.78 is 5.47. The maximum atomic E-state index is 2.83. The molecule has 3 aliphatic heterocycles. The van der Waals surface area contributed by atoms with E-state index in [2.05, 4.69) is 154 Å². The fourth-order valence-corrected chi connectivity index (χ4v) is 14.3. The van der Waals surface area contributed by atoms with E-state index in [4.69, 9.17) is 0 Å². The smallest absolute Gasteiger partial charge is 0.252 e. The number of nitrogens with zero attached hydrogens (tertiary/aromatic N) is 2. The van der Waals surface area contributed by atoms with E-state index < -0.39 is 5.41 Å². The van der Waals surface area contributed by atoms with Gasteiger partial charge in [-0.05, 0) is 173 Å². The Labute approximate surface area is 354 Å². The van der Waals surface area contributed by atoms with Gasteiger partial charge in [-0.1, -0.05) is 113 Å². The Balaban J connectivity index is 1.19. The minimum atomic E-state index is -0.433. The van der Waals surface area contributed by atoms with E-state index in [9.17, 15) is 0 Å². The zero-order valence-corrected chi connectivity index (χ0v) is 36.1. The van der Waals surface area contributed by atoms with Crippen molar-refractivity contribution in [2.24, 2.45) is 10.8 Å². The van der Waals surface area contributed by atoms with Crippen molar-refractivity contribution in [3.05, 3.63) is 148 Å². The van der Waals surface area contributed by atoms with Crippen molar-refractivity contribution in [2.75, 3.05) is 0 Å². The highest BCUT2D eigenvalue weighted by Gasteiger charge is 2.54. The highest BCUT2D eigenvalue weighted by molar-refractivity contribution is 7.00.